The lowest BCUT2D eigenvalue weighted by atomic mass is 9.68. The molecule has 1 aromatic carbocycles. The zero-order valence-corrected chi connectivity index (χ0v) is 16.2. The Balaban J connectivity index is 2.24. The summed E-state index contributed by atoms with van der Waals surface area (Å²) in [5.74, 6) is -0.0998. The van der Waals surface area contributed by atoms with Crippen molar-refractivity contribution in [3.05, 3.63) is 29.8 Å². The summed E-state index contributed by atoms with van der Waals surface area (Å²) in [6.45, 7) is 7.93. The second-order valence-electron chi connectivity index (χ2n) is 8.06. The first-order valence-electron chi connectivity index (χ1n) is 8.92. The van der Waals surface area contributed by atoms with Gasteiger partial charge in [-0.05, 0) is 58.2 Å². The number of likely N-dealkylation sites (tertiary alicyclic amines) is 1. The summed E-state index contributed by atoms with van der Waals surface area (Å²) in [5.41, 5.74) is -0.0882. The average molecular weight is 363 g/mol. The van der Waals surface area contributed by atoms with Gasteiger partial charge in [-0.1, -0.05) is 12.1 Å². The monoisotopic (exact) mass is 363 g/mol. The van der Waals surface area contributed by atoms with Crippen molar-refractivity contribution in [2.24, 2.45) is 0 Å². The molecule has 1 saturated heterocycles. The zero-order valence-electron chi connectivity index (χ0n) is 16.2. The van der Waals surface area contributed by atoms with E-state index in [1.165, 1.54) is 0 Å². The molecule has 6 nitrogen and oxygen atoms in total. The molecule has 26 heavy (non-hydrogen) atoms. The molecule has 1 heterocycles. The fourth-order valence-electron chi connectivity index (χ4n) is 3.68. The Hall–Kier alpha value is -2.24. The highest BCUT2D eigenvalue weighted by atomic mass is 16.6. The highest BCUT2D eigenvalue weighted by Gasteiger charge is 2.43. The molecule has 0 radical (unpaired) electrons. The van der Waals surface area contributed by atoms with Crippen molar-refractivity contribution < 1.29 is 24.2 Å². The third kappa shape index (κ3) is 4.68. The summed E-state index contributed by atoms with van der Waals surface area (Å²) in [7, 11) is 1.60. The van der Waals surface area contributed by atoms with Gasteiger partial charge in [0.1, 0.15) is 11.4 Å². The predicted molar refractivity (Wildman–Crippen MR) is 98.6 cm³/mol. The summed E-state index contributed by atoms with van der Waals surface area (Å²) in [5, 5.41) is 9.48. The van der Waals surface area contributed by atoms with Crippen LogP contribution in [0.1, 0.15) is 52.5 Å². The normalized spacial score (nSPS) is 23.4. The van der Waals surface area contributed by atoms with Crippen LogP contribution in [0.5, 0.6) is 5.75 Å². The molecule has 6 heteroatoms. The highest BCUT2D eigenvalue weighted by molar-refractivity contribution is 5.71. The van der Waals surface area contributed by atoms with Crippen LogP contribution in [0.25, 0.3) is 0 Å². The Labute approximate surface area is 155 Å². The number of ether oxygens (including phenoxy) is 2. The van der Waals surface area contributed by atoms with E-state index in [1.807, 2.05) is 52.0 Å². The summed E-state index contributed by atoms with van der Waals surface area (Å²) < 4.78 is 10.7. The number of carbonyl (C=O) groups excluding carboxylic acids is 1. The first kappa shape index (κ1) is 20.1. The molecule has 1 amide bonds. The van der Waals surface area contributed by atoms with E-state index in [1.54, 1.807) is 12.0 Å². The molecule has 0 bridgehead atoms. The van der Waals surface area contributed by atoms with Crippen LogP contribution in [-0.2, 0) is 14.9 Å². The Bertz CT molecular complexity index is 649. The van der Waals surface area contributed by atoms with Crippen LogP contribution in [0.4, 0.5) is 4.79 Å². The molecule has 1 aliphatic rings. The lowest BCUT2D eigenvalue weighted by Crippen LogP contribution is -2.52. The lowest BCUT2D eigenvalue weighted by molar-refractivity contribution is -0.139. The molecular formula is C20H29NO5. The second kappa shape index (κ2) is 7.56. The summed E-state index contributed by atoms with van der Waals surface area (Å²) in [4.78, 5) is 25.7. The van der Waals surface area contributed by atoms with Crippen LogP contribution in [0, 0.1) is 0 Å². The number of carboxylic acids is 1. The zero-order chi connectivity index (χ0) is 19.5. The topological polar surface area (TPSA) is 76.1 Å². The van der Waals surface area contributed by atoms with Crippen molar-refractivity contribution in [2.75, 3.05) is 13.7 Å². The number of hydrogen-bond donors (Lipinski definition) is 1. The number of piperidine rings is 1. The first-order valence-corrected chi connectivity index (χ1v) is 8.92. The Morgan fingerprint density at radius 3 is 2.35 bits per heavy atom. The molecule has 2 atom stereocenters. The summed E-state index contributed by atoms with van der Waals surface area (Å²) in [6, 6.07) is 7.45. The quantitative estimate of drug-likeness (QED) is 0.880. The van der Waals surface area contributed by atoms with Crippen LogP contribution in [0.2, 0.25) is 0 Å². The molecule has 0 aliphatic carbocycles. The maximum Gasteiger partial charge on any atom is 0.410 e. The molecule has 0 saturated carbocycles. The molecule has 1 N–H and O–H groups in total. The third-order valence-corrected chi connectivity index (χ3v) is 4.87. The smallest absolute Gasteiger partial charge is 0.410 e. The minimum Gasteiger partial charge on any atom is -0.497 e. The predicted octanol–water partition coefficient (Wildman–Crippen LogP) is 3.83. The van der Waals surface area contributed by atoms with Crippen molar-refractivity contribution in [3.8, 4) is 5.75 Å². The van der Waals surface area contributed by atoms with Crippen molar-refractivity contribution in [2.45, 2.75) is 64.0 Å². The summed E-state index contributed by atoms with van der Waals surface area (Å²) >= 11 is 0. The fraction of sp³-hybridized carbons (Fsp3) is 0.600. The van der Waals surface area contributed by atoms with E-state index in [2.05, 4.69) is 0 Å². The van der Waals surface area contributed by atoms with E-state index in [0.717, 1.165) is 11.3 Å². The minimum atomic E-state index is -0.835. The Kier molecular flexibility index (Phi) is 5.84. The molecule has 144 valence electrons. The number of amides is 1. The van der Waals surface area contributed by atoms with Crippen molar-refractivity contribution in [1.29, 1.82) is 0 Å². The number of carboxylic acid groups (broad SMARTS) is 1. The van der Waals surface area contributed by atoms with Gasteiger partial charge in [0.05, 0.1) is 13.5 Å². The van der Waals surface area contributed by atoms with E-state index < -0.39 is 17.0 Å². The maximum atomic E-state index is 12.4. The van der Waals surface area contributed by atoms with Gasteiger partial charge in [0.15, 0.2) is 0 Å². The van der Waals surface area contributed by atoms with Gasteiger partial charge in [-0.25, -0.2) is 4.79 Å². The maximum absolute atomic E-state index is 12.4. The third-order valence-electron chi connectivity index (χ3n) is 4.87. The van der Waals surface area contributed by atoms with Gasteiger partial charge in [0.2, 0.25) is 0 Å². The number of aliphatic carboxylic acids is 1. The molecule has 0 spiro atoms. The number of rotatable bonds is 4. The lowest BCUT2D eigenvalue weighted by Gasteiger charge is -2.45. The van der Waals surface area contributed by atoms with Gasteiger partial charge in [0.25, 0.3) is 0 Å². The van der Waals surface area contributed by atoms with E-state index in [-0.39, 0.29) is 18.6 Å². The van der Waals surface area contributed by atoms with E-state index in [4.69, 9.17) is 9.47 Å². The molecule has 0 aromatic heterocycles. The first-order chi connectivity index (χ1) is 12.1. The van der Waals surface area contributed by atoms with Gasteiger partial charge in [-0.3, -0.25) is 4.79 Å². The van der Waals surface area contributed by atoms with Crippen molar-refractivity contribution in [1.82, 2.24) is 4.90 Å². The van der Waals surface area contributed by atoms with Gasteiger partial charge >= 0.3 is 12.1 Å². The number of hydrogen-bond acceptors (Lipinski definition) is 4. The SMILES string of the molecule is COc1ccc(C2(CC(=O)O)CCN(C(=O)OC(C)(C)C)C(C)C2)cc1. The molecule has 2 rings (SSSR count). The van der Waals surface area contributed by atoms with E-state index >= 15 is 0 Å². The van der Waals surface area contributed by atoms with Crippen molar-refractivity contribution >= 4 is 12.1 Å². The molecule has 2 unspecified atom stereocenters. The highest BCUT2D eigenvalue weighted by Crippen LogP contribution is 2.42. The van der Waals surface area contributed by atoms with Gasteiger partial charge in [-0.15, -0.1) is 0 Å². The van der Waals surface area contributed by atoms with Crippen LogP contribution < -0.4 is 4.74 Å². The molecule has 1 aromatic rings. The minimum absolute atomic E-state index is 0.0336. The average Bonchev–Trinajstić information content (AvgIpc) is 2.52. The van der Waals surface area contributed by atoms with Crippen LogP contribution >= 0.6 is 0 Å². The second-order valence-corrected chi connectivity index (χ2v) is 8.06. The van der Waals surface area contributed by atoms with Gasteiger partial charge in [-0.2, -0.15) is 0 Å². The summed E-state index contributed by atoms with van der Waals surface area (Å²) in [6.07, 6.45) is 0.843. The Morgan fingerprint density at radius 2 is 1.88 bits per heavy atom. The van der Waals surface area contributed by atoms with E-state index in [0.29, 0.717) is 19.4 Å². The number of methoxy groups -OCH3 is 1. The fourth-order valence-corrected chi connectivity index (χ4v) is 3.68. The molecular weight excluding hydrogens is 334 g/mol. The van der Waals surface area contributed by atoms with E-state index in [9.17, 15) is 14.7 Å². The number of nitrogens with zero attached hydrogens (tertiary/aromatic N) is 1. The van der Waals surface area contributed by atoms with Crippen LogP contribution in [0.15, 0.2) is 24.3 Å². The van der Waals surface area contributed by atoms with Gasteiger partial charge in [0, 0.05) is 18.0 Å². The molecule has 1 fully saturated rings. The standard InChI is InChI=1S/C20H29NO5/c1-14-12-20(13-17(22)23,15-6-8-16(25-5)9-7-15)10-11-21(14)18(24)26-19(2,3)4/h6-9,14H,10-13H2,1-5H3,(H,22,23). The Morgan fingerprint density at radius 1 is 1.27 bits per heavy atom. The van der Waals surface area contributed by atoms with Crippen LogP contribution in [-0.4, -0.2) is 47.4 Å². The molecule has 1 aliphatic heterocycles. The van der Waals surface area contributed by atoms with Gasteiger partial charge < -0.3 is 19.5 Å². The van der Waals surface area contributed by atoms with Crippen molar-refractivity contribution in [3.63, 3.8) is 0 Å². The number of carbonyl (C=O) groups is 2. The number of benzene rings is 1. The largest absolute Gasteiger partial charge is 0.497 e. The van der Waals surface area contributed by atoms with Crippen LogP contribution in [0.3, 0.4) is 0 Å².